The van der Waals surface area contributed by atoms with Gasteiger partial charge in [0.25, 0.3) is 0 Å². The van der Waals surface area contributed by atoms with E-state index in [9.17, 15) is 9.59 Å². The van der Waals surface area contributed by atoms with Crippen molar-refractivity contribution >= 4 is 11.6 Å². The SMILES string of the molecule is O=C1C(=C2C=CN(CCCCO)C=C2)C(=O)c2ccccc21. The smallest absolute Gasteiger partial charge is 0.198 e. The molecule has 1 heterocycles. The molecule has 0 spiro atoms. The zero-order chi connectivity index (χ0) is 15.5. The van der Waals surface area contributed by atoms with Crippen LogP contribution in [0, 0.1) is 0 Å². The molecule has 0 amide bonds. The number of carbonyl (C=O) groups is 2. The van der Waals surface area contributed by atoms with Crippen LogP contribution in [-0.2, 0) is 0 Å². The van der Waals surface area contributed by atoms with Gasteiger partial charge in [-0.25, -0.2) is 0 Å². The van der Waals surface area contributed by atoms with Crippen LogP contribution in [0.5, 0.6) is 0 Å². The van der Waals surface area contributed by atoms with Gasteiger partial charge >= 0.3 is 0 Å². The molecule has 0 radical (unpaired) electrons. The van der Waals surface area contributed by atoms with Crippen molar-refractivity contribution in [1.82, 2.24) is 4.90 Å². The minimum Gasteiger partial charge on any atom is -0.396 e. The predicted octanol–water partition coefficient (Wildman–Crippen LogP) is 2.48. The summed E-state index contributed by atoms with van der Waals surface area (Å²) in [5.74, 6) is -0.391. The summed E-state index contributed by atoms with van der Waals surface area (Å²) < 4.78 is 0. The predicted molar refractivity (Wildman–Crippen MR) is 83.4 cm³/mol. The minimum absolute atomic E-state index is 0.192. The zero-order valence-electron chi connectivity index (χ0n) is 12.2. The Morgan fingerprint density at radius 2 is 1.50 bits per heavy atom. The Morgan fingerprint density at radius 1 is 0.909 bits per heavy atom. The first kappa shape index (κ1) is 14.5. The summed E-state index contributed by atoms with van der Waals surface area (Å²) in [4.78, 5) is 26.8. The fourth-order valence-electron chi connectivity index (χ4n) is 2.69. The largest absolute Gasteiger partial charge is 0.396 e. The highest BCUT2D eigenvalue weighted by molar-refractivity contribution is 6.40. The van der Waals surface area contributed by atoms with Gasteiger partial charge in [-0.05, 0) is 30.6 Å². The quantitative estimate of drug-likeness (QED) is 0.527. The number of fused-ring (bicyclic) bond motifs is 1. The number of carbonyl (C=O) groups excluding carboxylic acids is 2. The van der Waals surface area contributed by atoms with Crippen molar-refractivity contribution in [3.63, 3.8) is 0 Å². The maximum Gasteiger partial charge on any atom is 0.198 e. The van der Waals surface area contributed by atoms with Crippen molar-refractivity contribution in [3.8, 4) is 0 Å². The van der Waals surface area contributed by atoms with Gasteiger partial charge in [-0.3, -0.25) is 9.59 Å². The van der Waals surface area contributed by atoms with E-state index < -0.39 is 0 Å². The van der Waals surface area contributed by atoms with Crippen LogP contribution in [-0.4, -0.2) is 34.7 Å². The van der Waals surface area contributed by atoms with Crippen LogP contribution in [0.1, 0.15) is 33.6 Å². The first-order valence-electron chi connectivity index (χ1n) is 7.38. The van der Waals surface area contributed by atoms with E-state index in [2.05, 4.69) is 0 Å². The molecule has 1 N–H and O–H groups in total. The average molecular weight is 295 g/mol. The standard InChI is InChI=1S/C18H17NO3/c20-12-4-3-9-19-10-7-13(8-11-19)16-17(21)14-5-1-2-6-15(14)18(16)22/h1-2,5-8,10-11,20H,3-4,9,12H2. The third-order valence-corrected chi connectivity index (χ3v) is 3.87. The van der Waals surface area contributed by atoms with E-state index in [-0.39, 0.29) is 23.7 Å². The summed E-state index contributed by atoms with van der Waals surface area (Å²) in [6, 6.07) is 6.93. The van der Waals surface area contributed by atoms with E-state index in [4.69, 9.17) is 5.11 Å². The number of rotatable bonds is 4. The van der Waals surface area contributed by atoms with Crippen LogP contribution in [0.2, 0.25) is 0 Å². The van der Waals surface area contributed by atoms with E-state index >= 15 is 0 Å². The first-order valence-corrected chi connectivity index (χ1v) is 7.38. The lowest BCUT2D eigenvalue weighted by Crippen LogP contribution is -2.15. The van der Waals surface area contributed by atoms with Crippen molar-refractivity contribution in [2.45, 2.75) is 12.8 Å². The lowest BCUT2D eigenvalue weighted by Gasteiger charge is -2.18. The molecule has 112 valence electrons. The number of aliphatic hydroxyl groups excluding tert-OH is 1. The molecule has 0 aromatic heterocycles. The normalized spacial score (nSPS) is 16.7. The van der Waals surface area contributed by atoms with Gasteiger partial charge in [-0.1, -0.05) is 24.3 Å². The van der Waals surface area contributed by atoms with Crippen molar-refractivity contribution in [1.29, 1.82) is 0 Å². The number of benzene rings is 1. The Morgan fingerprint density at radius 3 is 2.05 bits per heavy atom. The lowest BCUT2D eigenvalue weighted by atomic mass is 10.0. The maximum atomic E-state index is 12.4. The second kappa shape index (κ2) is 6.12. The van der Waals surface area contributed by atoms with E-state index in [0.29, 0.717) is 16.7 Å². The van der Waals surface area contributed by atoms with Crippen LogP contribution in [0.25, 0.3) is 0 Å². The first-order chi connectivity index (χ1) is 10.7. The highest BCUT2D eigenvalue weighted by Crippen LogP contribution is 2.30. The second-order valence-corrected chi connectivity index (χ2v) is 5.33. The molecule has 0 atom stereocenters. The molecule has 1 aromatic carbocycles. The topological polar surface area (TPSA) is 57.6 Å². The summed E-state index contributed by atoms with van der Waals surface area (Å²) >= 11 is 0. The van der Waals surface area contributed by atoms with Crippen molar-refractivity contribution in [2.24, 2.45) is 0 Å². The van der Waals surface area contributed by atoms with Crippen LogP contribution >= 0.6 is 0 Å². The molecule has 1 aliphatic heterocycles. The molecule has 3 rings (SSSR count). The van der Waals surface area contributed by atoms with Crippen molar-refractivity contribution < 1.29 is 14.7 Å². The Balaban J connectivity index is 1.82. The maximum absolute atomic E-state index is 12.4. The lowest BCUT2D eigenvalue weighted by molar-refractivity contribution is 0.0988. The fourth-order valence-corrected chi connectivity index (χ4v) is 2.69. The zero-order valence-corrected chi connectivity index (χ0v) is 12.2. The van der Waals surface area contributed by atoms with E-state index in [0.717, 1.165) is 19.4 Å². The van der Waals surface area contributed by atoms with Gasteiger partial charge in [0, 0.05) is 36.7 Å². The van der Waals surface area contributed by atoms with Gasteiger partial charge in [0.05, 0.1) is 5.57 Å². The molecule has 0 saturated heterocycles. The molecule has 0 bridgehead atoms. The summed E-state index contributed by atoms with van der Waals surface area (Å²) in [7, 11) is 0. The third-order valence-electron chi connectivity index (χ3n) is 3.87. The number of hydrogen-bond acceptors (Lipinski definition) is 4. The Labute approximate surface area is 129 Å². The third kappa shape index (κ3) is 2.53. The molecule has 1 aromatic rings. The molecule has 0 unspecified atom stereocenters. The Hall–Kier alpha value is -2.46. The average Bonchev–Trinajstić information content (AvgIpc) is 2.81. The number of ketones is 2. The number of aliphatic hydroxyl groups is 1. The highest BCUT2D eigenvalue weighted by Gasteiger charge is 2.34. The Kier molecular flexibility index (Phi) is 4.02. The summed E-state index contributed by atoms with van der Waals surface area (Å²) in [5.41, 5.74) is 1.89. The van der Waals surface area contributed by atoms with Gasteiger partial charge < -0.3 is 10.0 Å². The molecule has 4 nitrogen and oxygen atoms in total. The molecule has 2 aliphatic rings. The van der Waals surface area contributed by atoms with Crippen LogP contribution in [0.3, 0.4) is 0 Å². The number of allylic oxidation sites excluding steroid dienone is 4. The molecular weight excluding hydrogens is 278 g/mol. The van der Waals surface area contributed by atoms with Crippen LogP contribution in [0.15, 0.2) is 60.0 Å². The number of unbranched alkanes of at least 4 members (excludes halogenated alkanes) is 1. The van der Waals surface area contributed by atoms with Crippen molar-refractivity contribution in [2.75, 3.05) is 13.2 Å². The number of Topliss-reactive ketones (excluding diaryl/α,β-unsaturated/α-hetero) is 2. The molecule has 1 aliphatic carbocycles. The van der Waals surface area contributed by atoms with Gasteiger partial charge in [0.15, 0.2) is 11.6 Å². The molecule has 4 heteroatoms. The van der Waals surface area contributed by atoms with E-state index in [1.165, 1.54) is 0 Å². The van der Waals surface area contributed by atoms with Gasteiger partial charge in [-0.15, -0.1) is 0 Å². The summed E-state index contributed by atoms with van der Waals surface area (Å²) in [5, 5.41) is 8.79. The van der Waals surface area contributed by atoms with Gasteiger partial charge in [-0.2, -0.15) is 0 Å². The van der Waals surface area contributed by atoms with E-state index in [1.54, 1.807) is 36.4 Å². The fraction of sp³-hybridized carbons (Fsp3) is 0.222. The van der Waals surface area contributed by atoms with Crippen molar-refractivity contribution in [3.05, 3.63) is 71.1 Å². The second-order valence-electron chi connectivity index (χ2n) is 5.33. The molecule has 0 fully saturated rings. The van der Waals surface area contributed by atoms with Crippen LogP contribution < -0.4 is 0 Å². The van der Waals surface area contributed by atoms with Gasteiger partial charge in [0.1, 0.15) is 0 Å². The highest BCUT2D eigenvalue weighted by atomic mass is 16.3. The molecule has 0 saturated carbocycles. The van der Waals surface area contributed by atoms with Crippen LogP contribution in [0.4, 0.5) is 0 Å². The molecular formula is C18H17NO3. The monoisotopic (exact) mass is 295 g/mol. The number of nitrogens with zero attached hydrogens (tertiary/aromatic N) is 1. The summed E-state index contributed by atoms with van der Waals surface area (Å²) in [6.07, 6.45) is 8.98. The van der Waals surface area contributed by atoms with Gasteiger partial charge in [0.2, 0.25) is 0 Å². The van der Waals surface area contributed by atoms with E-state index in [1.807, 2.05) is 17.3 Å². The Bertz CT molecular complexity index is 660. The number of hydrogen-bond donors (Lipinski definition) is 1. The minimum atomic E-state index is -0.196. The summed E-state index contributed by atoms with van der Waals surface area (Å²) in [6.45, 7) is 0.996. The molecule has 22 heavy (non-hydrogen) atoms.